The fraction of sp³-hybridized carbons (Fsp3) is 0.0690. The van der Waals surface area contributed by atoms with Gasteiger partial charge in [-0.1, -0.05) is 96.2 Å². The summed E-state index contributed by atoms with van der Waals surface area (Å²) in [6, 6.07) is 34.0. The van der Waals surface area contributed by atoms with Crippen molar-refractivity contribution >= 4 is 28.9 Å². The van der Waals surface area contributed by atoms with E-state index in [0.29, 0.717) is 23.5 Å². The Balaban J connectivity index is 1.45. The molecule has 2 amide bonds. The van der Waals surface area contributed by atoms with E-state index in [0.717, 1.165) is 16.7 Å². The molecular weight excluding hydrogens is 438 g/mol. The van der Waals surface area contributed by atoms with Gasteiger partial charge in [0.25, 0.3) is 5.91 Å². The van der Waals surface area contributed by atoms with Crippen LogP contribution in [0.4, 0.5) is 11.4 Å². The van der Waals surface area contributed by atoms with Crippen molar-refractivity contribution in [3.05, 3.63) is 131 Å². The molecule has 6 nitrogen and oxygen atoms in total. The number of nitrogens with zero attached hydrogens (tertiary/aromatic N) is 2. The number of benzene rings is 4. The molecular formula is C29H23N3O3. The molecule has 172 valence electrons. The second kappa shape index (κ2) is 9.65. The van der Waals surface area contributed by atoms with Crippen molar-refractivity contribution in [1.29, 1.82) is 0 Å². The largest absolute Gasteiger partial charge is 0.410 e. The SMILES string of the molecule is O=C(Nc1ccc2c(c1)/C(=N/O)C(=O)N2Cc1ccccc1)C(c1ccccc1)c1ccccc1. The van der Waals surface area contributed by atoms with Gasteiger partial charge in [0.1, 0.15) is 0 Å². The maximum absolute atomic E-state index is 13.5. The molecule has 1 aliphatic rings. The van der Waals surface area contributed by atoms with Crippen LogP contribution in [0.3, 0.4) is 0 Å². The van der Waals surface area contributed by atoms with Gasteiger partial charge >= 0.3 is 0 Å². The zero-order valence-electron chi connectivity index (χ0n) is 18.8. The molecule has 0 aromatic heterocycles. The molecule has 0 atom stereocenters. The van der Waals surface area contributed by atoms with Gasteiger partial charge in [0, 0.05) is 11.3 Å². The van der Waals surface area contributed by atoms with Gasteiger partial charge in [-0.3, -0.25) is 9.59 Å². The van der Waals surface area contributed by atoms with Gasteiger partial charge in [0.15, 0.2) is 5.71 Å². The monoisotopic (exact) mass is 461 g/mol. The predicted molar refractivity (Wildman–Crippen MR) is 136 cm³/mol. The fourth-order valence-electron chi connectivity index (χ4n) is 4.41. The normalized spacial score (nSPS) is 13.8. The summed E-state index contributed by atoms with van der Waals surface area (Å²) in [7, 11) is 0. The molecule has 4 aromatic rings. The van der Waals surface area contributed by atoms with Gasteiger partial charge in [-0.2, -0.15) is 0 Å². The van der Waals surface area contributed by atoms with Gasteiger partial charge < -0.3 is 15.4 Å². The van der Waals surface area contributed by atoms with E-state index in [1.807, 2.05) is 91.0 Å². The molecule has 1 heterocycles. The zero-order valence-corrected chi connectivity index (χ0v) is 18.8. The third kappa shape index (κ3) is 4.42. The first-order chi connectivity index (χ1) is 17.2. The van der Waals surface area contributed by atoms with E-state index in [1.165, 1.54) is 0 Å². The third-order valence-corrected chi connectivity index (χ3v) is 6.07. The van der Waals surface area contributed by atoms with Gasteiger partial charge in [-0.25, -0.2) is 0 Å². The highest BCUT2D eigenvalue weighted by Crippen LogP contribution is 2.34. The van der Waals surface area contributed by atoms with Gasteiger partial charge in [0.2, 0.25) is 5.91 Å². The van der Waals surface area contributed by atoms with Crippen LogP contribution in [0.1, 0.15) is 28.2 Å². The molecule has 0 radical (unpaired) electrons. The molecule has 0 spiro atoms. The number of nitrogens with one attached hydrogen (secondary N) is 1. The van der Waals surface area contributed by atoms with Crippen LogP contribution in [0, 0.1) is 0 Å². The quantitative estimate of drug-likeness (QED) is 0.307. The second-order valence-corrected chi connectivity index (χ2v) is 8.30. The molecule has 1 aliphatic heterocycles. The highest BCUT2D eigenvalue weighted by Gasteiger charge is 2.35. The first-order valence-electron chi connectivity index (χ1n) is 11.3. The Morgan fingerprint density at radius 1 is 0.829 bits per heavy atom. The molecule has 5 rings (SSSR count). The van der Waals surface area contributed by atoms with Crippen LogP contribution in [0.5, 0.6) is 0 Å². The highest BCUT2D eigenvalue weighted by molar-refractivity contribution is 6.54. The smallest absolute Gasteiger partial charge is 0.281 e. The molecule has 4 aromatic carbocycles. The van der Waals surface area contributed by atoms with Crippen molar-refractivity contribution in [2.45, 2.75) is 12.5 Å². The molecule has 35 heavy (non-hydrogen) atoms. The molecule has 6 heteroatoms. The number of fused-ring (bicyclic) bond motifs is 1. The molecule has 0 saturated carbocycles. The zero-order chi connectivity index (χ0) is 24.2. The molecule has 0 bridgehead atoms. The summed E-state index contributed by atoms with van der Waals surface area (Å²) in [4.78, 5) is 28.0. The van der Waals surface area contributed by atoms with E-state index in [-0.39, 0.29) is 17.5 Å². The van der Waals surface area contributed by atoms with Gasteiger partial charge in [-0.15, -0.1) is 0 Å². The van der Waals surface area contributed by atoms with E-state index in [1.54, 1.807) is 23.1 Å². The summed E-state index contributed by atoms with van der Waals surface area (Å²) < 4.78 is 0. The molecule has 0 fully saturated rings. The summed E-state index contributed by atoms with van der Waals surface area (Å²) in [5.41, 5.74) is 4.28. The van der Waals surface area contributed by atoms with Crippen LogP contribution in [0.15, 0.2) is 114 Å². The van der Waals surface area contributed by atoms with Crippen molar-refractivity contribution < 1.29 is 14.8 Å². The van der Waals surface area contributed by atoms with Crippen LogP contribution in [-0.4, -0.2) is 22.7 Å². The number of carbonyl (C=O) groups is 2. The number of amides is 2. The van der Waals surface area contributed by atoms with Crippen LogP contribution in [-0.2, 0) is 16.1 Å². The maximum atomic E-state index is 13.5. The lowest BCUT2D eigenvalue weighted by molar-refractivity contribution is -0.116. The number of oxime groups is 1. The summed E-state index contributed by atoms with van der Waals surface area (Å²) in [6.07, 6.45) is 0. The summed E-state index contributed by atoms with van der Waals surface area (Å²) in [5.74, 6) is -1.09. The molecule has 0 saturated heterocycles. The van der Waals surface area contributed by atoms with Crippen LogP contribution < -0.4 is 10.2 Å². The number of carbonyl (C=O) groups excluding carboxylic acids is 2. The maximum Gasteiger partial charge on any atom is 0.281 e. The lowest BCUT2D eigenvalue weighted by Crippen LogP contribution is -2.29. The van der Waals surface area contributed by atoms with Crippen LogP contribution >= 0.6 is 0 Å². The van der Waals surface area contributed by atoms with Gasteiger partial charge in [0.05, 0.1) is 18.2 Å². The Kier molecular flexibility index (Phi) is 6.09. The first-order valence-corrected chi connectivity index (χ1v) is 11.3. The minimum Gasteiger partial charge on any atom is -0.410 e. The second-order valence-electron chi connectivity index (χ2n) is 8.30. The standard InChI is InChI=1S/C29H23N3O3/c33-28(26(21-12-6-2-7-13-21)22-14-8-3-9-15-22)30-23-16-17-25-24(18-23)27(31-35)29(34)32(25)19-20-10-4-1-5-11-20/h1-18,26,35H,19H2,(H,30,33)/b31-27-. The summed E-state index contributed by atoms with van der Waals surface area (Å²) in [6.45, 7) is 0.349. The lowest BCUT2D eigenvalue weighted by Gasteiger charge is -2.19. The summed E-state index contributed by atoms with van der Waals surface area (Å²) in [5, 5.41) is 15.8. The Bertz CT molecular complexity index is 1350. The minimum atomic E-state index is -0.507. The summed E-state index contributed by atoms with van der Waals surface area (Å²) >= 11 is 0. The Hall–Kier alpha value is -4.71. The van der Waals surface area contributed by atoms with Crippen molar-refractivity contribution in [2.75, 3.05) is 10.2 Å². The highest BCUT2D eigenvalue weighted by atomic mass is 16.4. The van der Waals surface area contributed by atoms with Crippen molar-refractivity contribution in [3.8, 4) is 0 Å². The van der Waals surface area contributed by atoms with Crippen molar-refractivity contribution in [2.24, 2.45) is 5.16 Å². The molecule has 0 aliphatic carbocycles. The van der Waals surface area contributed by atoms with Crippen molar-refractivity contribution in [1.82, 2.24) is 0 Å². The van der Waals surface area contributed by atoms with Gasteiger partial charge in [-0.05, 0) is 34.9 Å². The third-order valence-electron chi connectivity index (χ3n) is 6.07. The number of hydrogen-bond donors (Lipinski definition) is 2. The van der Waals surface area contributed by atoms with E-state index in [4.69, 9.17) is 0 Å². The fourth-order valence-corrected chi connectivity index (χ4v) is 4.41. The van der Waals surface area contributed by atoms with E-state index in [2.05, 4.69) is 10.5 Å². The lowest BCUT2D eigenvalue weighted by atomic mass is 9.90. The first kappa shape index (κ1) is 22.1. The van der Waals surface area contributed by atoms with Crippen LogP contribution in [0.2, 0.25) is 0 Å². The Labute approximate surface area is 203 Å². The van der Waals surface area contributed by atoms with E-state index < -0.39 is 5.92 Å². The van der Waals surface area contributed by atoms with Crippen LogP contribution in [0.25, 0.3) is 0 Å². The topological polar surface area (TPSA) is 82.0 Å². The Morgan fingerprint density at radius 2 is 1.40 bits per heavy atom. The number of rotatable bonds is 6. The minimum absolute atomic E-state index is 0.0466. The molecule has 0 unspecified atom stereocenters. The average Bonchev–Trinajstić information content (AvgIpc) is 3.15. The number of anilines is 2. The average molecular weight is 462 g/mol. The van der Waals surface area contributed by atoms with Crippen molar-refractivity contribution in [3.63, 3.8) is 0 Å². The predicted octanol–water partition coefficient (Wildman–Crippen LogP) is 5.18. The number of hydrogen-bond acceptors (Lipinski definition) is 4. The molecule has 2 N–H and O–H groups in total. The van der Waals surface area contributed by atoms with E-state index >= 15 is 0 Å². The van der Waals surface area contributed by atoms with E-state index in [9.17, 15) is 14.8 Å². The Morgan fingerprint density at radius 3 is 1.97 bits per heavy atom.